The van der Waals surface area contributed by atoms with Gasteiger partial charge in [0.2, 0.25) is 0 Å². The SMILES string of the molecule is CCN(C(=O)c1ccc(O)c(Cl)c1)c1ccc(F)cc1. The van der Waals surface area contributed by atoms with Gasteiger partial charge >= 0.3 is 0 Å². The first kappa shape index (κ1) is 14.3. The highest BCUT2D eigenvalue weighted by Crippen LogP contribution is 2.25. The Hall–Kier alpha value is -2.07. The second-order valence-corrected chi connectivity index (χ2v) is 4.60. The Kier molecular flexibility index (Phi) is 4.25. The predicted molar refractivity (Wildman–Crippen MR) is 76.9 cm³/mol. The van der Waals surface area contributed by atoms with Crippen LogP contribution in [0.3, 0.4) is 0 Å². The average Bonchev–Trinajstić information content (AvgIpc) is 2.44. The zero-order valence-corrected chi connectivity index (χ0v) is 11.6. The standard InChI is InChI=1S/C15H13ClFNO2/c1-2-18(12-6-4-11(17)5-7-12)15(20)10-3-8-14(19)13(16)9-10/h3-9,19H,2H2,1H3. The maximum Gasteiger partial charge on any atom is 0.258 e. The molecule has 104 valence electrons. The lowest BCUT2D eigenvalue weighted by molar-refractivity contribution is 0.0988. The van der Waals surface area contributed by atoms with Gasteiger partial charge in [0.1, 0.15) is 11.6 Å². The highest BCUT2D eigenvalue weighted by molar-refractivity contribution is 6.32. The van der Waals surface area contributed by atoms with Crippen molar-refractivity contribution in [2.75, 3.05) is 11.4 Å². The number of nitrogens with zero attached hydrogens (tertiary/aromatic N) is 1. The van der Waals surface area contributed by atoms with Crippen molar-refractivity contribution in [1.29, 1.82) is 0 Å². The topological polar surface area (TPSA) is 40.5 Å². The van der Waals surface area contributed by atoms with Crippen LogP contribution in [0.4, 0.5) is 10.1 Å². The van der Waals surface area contributed by atoms with Gasteiger partial charge in [-0.15, -0.1) is 0 Å². The largest absolute Gasteiger partial charge is 0.506 e. The van der Waals surface area contributed by atoms with Crippen molar-refractivity contribution in [2.24, 2.45) is 0 Å². The van der Waals surface area contributed by atoms with E-state index in [-0.39, 0.29) is 22.5 Å². The predicted octanol–water partition coefficient (Wildman–Crippen LogP) is 3.85. The first-order valence-corrected chi connectivity index (χ1v) is 6.46. The molecule has 5 heteroatoms. The van der Waals surface area contributed by atoms with Crippen LogP contribution in [-0.2, 0) is 0 Å². The van der Waals surface area contributed by atoms with E-state index in [1.807, 2.05) is 6.92 Å². The third-order valence-electron chi connectivity index (χ3n) is 2.89. The van der Waals surface area contributed by atoms with Crippen molar-refractivity contribution in [3.8, 4) is 5.75 Å². The fraction of sp³-hybridized carbons (Fsp3) is 0.133. The molecule has 1 N–H and O–H groups in total. The summed E-state index contributed by atoms with van der Waals surface area (Å²) in [6.45, 7) is 2.26. The van der Waals surface area contributed by atoms with Crippen molar-refractivity contribution in [2.45, 2.75) is 6.92 Å². The molecule has 2 rings (SSSR count). The number of amides is 1. The molecule has 0 aliphatic heterocycles. The minimum absolute atomic E-state index is 0.0759. The van der Waals surface area contributed by atoms with Gasteiger partial charge in [-0.3, -0.25) is 4.79 Å². The molecule has 1 amide bonds. The van der Waals surface area contributed by atoms with E-state index in [2.05, 4.69) is 0 Å². The molecule has 0 radical (unpaired) electrons. The summed E-state index contributed by atoms with van der Waals surface area (Å²) in [4.78, 5) is 13.9. The maximum atomic E-state index is 12.9. The molecular formula is C15H13ClFNO2. The fourth-order valence-electron chi connectivity index (χ4n) is 1.86. The van der Waals surface area contributed by atoms with Gasteiger partial charge in [-0.2, -0.15) is 0 Å². The first-order valence-electron chi connectivity index (χ1n) is 6.09. The fourth-order valence-corrected chi connectivity index (χ4v) is 2.04. The van der Waals surface area contributed by atoms with Gasteiger partial charge in [-0.05, 0) is 49.4 Å². The normalized spacial score (nSPS) is 10.3. The third kappa shape index (κ3) is 2.91. The van der Waals surface area contributed by atoms with Crippen LogP contribution in [0, 0.1) is 5.82 Å². The lowest BCUT2D eigenvalue weighted by Gasteiger charge is -2.21. The Morgan fingerprint density at radius 1 is 1.25 bits per heavy atom. The van der Waals surface area contributed by atoms with Gasteiger partial charge in [0, 0.05) is 17.8 Å². The highest BCUT2D eigenvalue weighted by atomic mass is 35.5. The van der Waals surface area contributed by atoms with E-state index in [0.717, 1.165) is 0 Å². The molecule has 0 saturated heterocycles. The van der Waals surface area contributed by atoms with Crippen LogP contribution in [0.2, 0.25) is 5.02 Å². The average molecular weight is 294 g/mol. The quantitative estimate of drug-likeness (QED) is 0.934. The Labute approximate surface area is 121 Å². The number of hydrogen-bond acceptors (Lipinski definition) is 2. The molecule has 0 spiro atoms. The molecule has 20 heavy (non-hydrogen) atoms. The molecule has 0 aromatic heterocycles. The van der Waals surface area contributed by atoms with E-state index in [4.69, 9.17) is 11.6 Å². The monoisotopic (exact) mass is 293 g/mol. The molecule has 0 heterocycles. The molecule has 0 aliphatic rings. The van der Waals surface area contributed by atoms with Gasteiger partial charge in [0.25, 0.3) is 5.91 Å². The van der Waals surface area contributed by atoms with Gasteiger partial charge in [-0.1, -0.05) is 11.6 Å². The van der Waals surface area contributed by atoms with E-state index in [9.17, 15) is 14.3 Å². The summed E-state index contributed by atoms with van der Waals surface area (Å²) >= 11 is 5.80. The molecule has 2 aromatic carbocycles. The highest BCUT2D eigenvalue weighted by Gasteiger charge is 2.17. The summed E-state index contributed by atoms with van der Waals surface area (Å²) in [6.07, 6.45) is 0. The van der Waals surface area contributed by atoms with Crippen LogP contribution in [0.25, 0.3) is 0 Å². The number of hydrogen-bond donors (Lipinski definition) is 1. The number of anilines is 1. The summed E-state index contributed by atoms with van der Waals surface area (Å²) < 4.78 is 12.9. The molecule has 0 atom stereocenters. The zero-order chi connectivity index (χ0) is 14.7. The van der Waals surface area contributed by atoms with E-state index >= 15 is 0 Å². The van der Waals surface area contributed by atoms with Crippen LogP contribution < -0.4 is 4.90 Å². The van der Waals surface area contributed by atoms with Crippen LogP contribution in [-0.4, -0.2) is 17.6 Å². The second kappa shape index (κ2) is 5.92. The van der Waals surface area contributed by atoms with Crippen LogP contribution in [0.15, 0.2) is 42.5 Å². The van der Waals surface area contributed by atoms with Crippen molar-refractivity contribution < 1.29 is 14.3 Å². The number of rotatable bonds is 3. The van der Waals surface area contributed by atoms with E-state index in [1.54, 1.807) is 12.1 Å². The number of phenols is 1. The van der Waals surface area contributed by atoms with Crippen LogP contribution in [0.5, 0.6) is 5.75 Å². The summed E-state index contributed by atoms with van der Waals surface area (Å²) in [5.74, 6) is -0.695. The van der Waals surface area contributed by atoms with Gasteiger partial charge in [-0.25, -0.2) is 4.39 Å². The number of aromatic hydroxyl groups is 1. The lowest BCUT2D eigenvalue weighted by atomic mass is 10.1. The molecule has 0 fully saturated rings. The van der Waals surface area contributed by atoms with E-state index < -0.39 is 0 Å². The van der Waals surface area contributed by atoms with Crippen LogP contribution in [0.1, 0.15) is 17.3 Å². The first-order chi connectivity index (χ1) is 9.52. The molecule has 2 aromatic rings. The molecule has 0 unspecified atom stereocenters. The molecular weight excluding hydrogens is 281 g/mol. The number of halogens is 2. The molecule has 0 saturated carbocycles. The van der Waals surface area contributed by atoms with Crippen molar-refractivity contribution in [3.05, 3.63) is 58.9 Å². The number of carbonyl (C=O) groups is 1. The second-order valence-electron chi connectivity index (χ2n) is 4.19. The number of benzene rings is 2. The summed E-state index contributed by atoms with van der Waals surface area (Å²) in [5.41, 5.74) is 0.960. The van der Waals surface area contributed by atoms with Gasteiger partial charge in [0.15, 0.2) is 0 Å². The Morgan fingerprint density at radius 2 is 1.90 bits per heavy atom. The number of carbonyl (C=O) groups excluding carboxylic acids is 1. The Balaban J connectivity index is 2.33. The molecule has 0 aliphatic carbocycles. The maximum absolute atomic E-state index is 12.9. The third-order valence-corrected chi connectivity index (χ3v) is 3.20. The van der Waals surface area contributed by atoms with E-state index in [1.165, 1.54) is 35.2 Å². The van der Waals surface area contributed by atoms with Gasteiger partial charge in [0.05, 0.1) is 5.02 Å². The van der Waals surface area contributed by atoms with Crippen molar-refractivity contribution in [1.82, 2.24) is 0 Å². The zero-order valence-electron chi connectivity index (χ0n) is 10.8. The Bertz CT molecular complexity index is 628. The summed E-state index contributed by atoms with van der Waals surface area (Å²) in [6, 6.07) is 9.96. The minimum atomic E-state index is -0.357. The lowest BCUT2D eigenvalue weighted by Crippen LogP contribution is -2.30. The minimum Gasteiger partial charge on any atom is -0.506 e. The Morgan fingerprint density at radius 3 is 2.45 bits per heavy atom. The molecule has 0 bridgehead atoms. The van der Waals surface area contributed by atoms with Crippen LogP contribution >= 0.6 is 11.6 Å². The summed E-state index contributed by atoms with van der Waals surface area (Å²) in [5, 5.41) is 9.49. The molecule has 3 nitrogen and oxygen atoms in total. The van der Waals surface area contributed by atoms with Crippen molar-refractivity contribution >= 4 is 23.2 Å². The van der Waals surface area contributed by atoms with Crippen molar-refractivity contribution in [3.63, 3.8) is 0 Å². The van der Waals surface area contributed by atoms with Gasteiger partial charge < -0.3 is 10.0 Å². The smallest absolute Gasteiger partial charge is 0.258 e. The number of phenolic OH excluding ortho intramolecular Hbond substituents is 1. The van der Waals surface area contributed by atoms with E-state index in [0.29, 0.717) is 17.8 Å². The summed E-state index contributed by atoms with van der Waals surface area (Å²) in [7, 11) is 0.